The lowest BCUT2D eigenvalue weighted by molar-refractivity contribution is -0.137. The predicted molar refractivity (Wildman–Crippen MR) is 90.0 cm³/mol. The monoisotopic (exact) mass is 354 g/mol. The number of halogens is 3. The Kier molecular flexibility index (Phi) is 5.02. The summed E-state index contributed by atoms with van der Waals surface area (Å²) < 4.78 is 38.4. The largest absolute Gasteiger partial charge is 0.416 e. The zero-order valence-electron chi connectivity index (χ0n) is 13.4. The van der Waals surface area contributed by atoms with E-state index >= 15 is 0 Å². The first-order chi connectivity index (χ1) is 11.4. The van der Waals surface area contributed by atoms with E-state index in [-0.39, 0.29) is 0 Å². The van der Waals surface area contributed by atoms with Crippen LogP contribution in [0.3, 0.4) is 0 Å². The summed E-state index contributed by atoms with van der Waals surface area (Å²) in [7, 11) is 0. The van der Waals surface area contributed by atoms with Gasteiger partial charge in [-0.2, -0.15) is 13.2 Å². The number of hydrogen-bond donors (Lipinski definition) is 1. The lowest BCUT2D eigenvalue weighted by Crippen LogP contribution is -2.30. The third-order valence-electron chi connectivity index (χ3n) is 4.93. The lowest BCUT2D eigenvalue weighted by atomic mass is 9.77. The molecule has 5 heteroatoms. The van der Waals surface area contributed by atoms with Crippen molar-refractivity contribution in [1.82, 2.24) is 0 Å². The summed E-state index contributed by atoms with van der Waals surface area (Å²) in [5.74, 6) is 0.410. The van der Waals surface area contributed by atoms with Crippen molar-refractivity contribution in [3.05, 3.63) is 57.8 Å². The SMILES string of the molecule is OC(CC1CCCCC1)(c1ccc(C(F)(F)F)cc1)c1cccs1. The highest BCUT2D eigenvalue weighted by Crippen LogP contribution is 2.42. The molecule has 1 aromatic carbocycles. The van der Waals surface area contributed by atoms with Crippen LogP contribution in [0.5, 0.6) is 0 Å². The van der Waals surface area contributed by atoms with Crippen molar-refractivity contribution < 1.29 is 18.3 Å². The molecule has 0 radical (unpaired) electrons. The molecule has 0 aliphatic heterocycles. The molecule has 0 spiro atoms. The van der Waals surface area contributed by atoms with Crippen LogP contribution in [-0.4, -0.2) is 5.11 Å². The van der Waals surface area contributed by atoms with Crippen LogP contribution in [0.1, 0.15) is 54.5 Å². The normalized spacial score (nSPS) is 19.2. The van der Waals surface area contributed by atoms with Gasteiger partial charge >= 0.3 is 6.18 Å². The molecule has 1 heterocycles. The molecular formula is C19H21F3OS. The van der Waals surface area contributed by atoms with E-state index in [4.69, 9.17) is 0 Å². The van der Waals surface area contributed by atoms with Crippen molar-refractivity contribution in [2.24, 2.45) is 5.92 Å². The zero-order chi connectivity index (χ0) is 17.2. The second kappa shape index (κ2) is 6.89. The molecule has 1 unspecified atom stereocenters. The second-order valence-corrected chi connectivity index (χ2v) is 7.57. The van der Waals surface area contributed by atoms with Crippen LogP contribution >= 0.6 is 11.3 Å². The number of hydrogen-bond acceptors (Lipinski definition) is 2. The Morgan fingerprint density at radius 3 is 2.12 bits per heavy atom. The van der Waals surface area contributed by atoms with Gasteiger partial charge in [0.1, 0.15) is 5.60 Å². The van der Waals surface area contributed by atoms with Gasteiger partial charge in [-0.1, -0.05) is 50.3 Å². The summed E-state index contributed by atoms with van der Waals surface area (Å²) in [5, 5.41) is 13.3. The van der Waals surface area contributed by atoms with Crippen molar-refractivity contribution in [2.75, 3.05) is 0 Å². The van der Waals surface area contributed by atoms with Gasteiger partial charge in [-0.05, 0) is 41.5 Å². The Bertz CT molecular complexity index is 642. The van der Waals surface area contributed by atoms with Crippen LogP contribution in [0.25, 0.3) is 0 Å². The molecule has 0 amide bonds. The van der Waals surface area contributed by atoms with E-state index in [1.165, 1.54) is 29.9 Å². The van der Waals surface area contributed by atoms with Crippen molar-refractivity contribution in [1.29, 1.82) is 0 Å². The van der Waals surface area contributed by atoms with Crippen LogP contribution in [0.2, 0.25) is 0 Å². The van der Waals surface area contributed by atoms with Crippen LogP contribution in [0.15, 0.2) is 41.8 Å². The van der Waals surface area contributed by atoms with Gasteiger partial charge in [0.25, 0.3) is 0 Å². The molecule has 0 saturated heterocycles. The number of thiophene rings is 1. The van der Waals surface area contributed by atoms with Crippen molar-refractivity contribution >= 4 is 11.3 Å². The quantitative estimate of drug-likeness (QED) is 0.717. The summed E-state index contributed by atoms with van der Waals surface area (Å²) in [6.45, 7) is 0. The summed E-state index contributed by atoms with van der Waals surface area (Å²) in [4.78, 5) is 0.799. The van der Waals surface area contributed by atoms with E-state index in [0.29, 0.717) is 17.9 Å². The molecule has 1 aromatic heterocycles. The molecule has 1 atom stereocenters. The number of aliphatic hydroxyl groups is 1. The maximum atomic E-state index is 12.8. The van der Waals surface area contributed by atoms with Crippen LogP contribution in [-0.2, 0) is 11.8 Å². The Balaban J connectivity index is 1.92. The molecule has 1 aliphatic carbocycles. The summed E-state index contributed by atoms with van der Waals surface area (Å²) >= 11 is 1.45. The Labute approximate surface area is 144 Å². The van der Waals surface area contributed by atoms with E-state index < -0.39 is 17.3 Å². The van der Waals surface area contributed by atoms with Gasteiger partial charge in [0.2, 0.25) is 0 Å². The number of alkyl halides is 3. The van der Waals surface area contributed by atoms with Crippen molar-refractivity contribution in [3.63, 3.8) is 0 Å². The Morgan fingerprint density at radius 1 is 0.958 bits per heavy atom. The summed E-state index contributed by atoms with van der Waals surface area (Å²) in [6.07, 6.45) is 1.93. The average molecular weight is 354 g/mol. The molecular weight excluding hydrogens is 333 g/mol. The first-order valence-electron chi connectivity index (χ1n) is 8.34. The third-order valence-corrected chi connectivity index (χ3v) is 5.95. The van der Waals surface area contributed by atoms with E-state index in [0.717, 1.165) is 42.7 Å². The van der Waals surface area contributed by atoms with E-state index in [1.807, 2.05) is 17.5 Å². The third kappa shape index (κ3) is 3.67. The fourth-order valence-electron chi connectivity index (χ4n) is 3.62. The molecule has 1 N–H and O–H groups in total. The highest BCUT2D eigenvalue weighted by molar-refractivity contribution is 7.10. The van der Waals surface area contributed by atoms with E-state index in [9.17, 15) is 18.3 Å². The molecule has 0 bridgehead atoms. The minimum atomic E-state index is -4.36. The summed E-state index contributed by atoms with van der Waals surface area (Å²) in [6, 6.07) is 8.71. The summed E-state index contributed by atoms with van der Waals surface area (Å²) in [5.41, 5.74) is -1.35. The van der Waals surface area contributed by atoms with Gasteiger partial charge in [-0.15, -0.1) is 11.3 Å². The fraction of sp³-hybridized carbons (Fsp3) is 0.474. The van der Waals surface area contributed by atoms with Gasteiger partial charge in [0.05, 0.1) is 5.56 Å². The first kappa shape index (κ1) is 17.5. The fourth-order valence-corrected chi connectivity index (χ4v) is 4.48. The van der Waals surface area contributed by atoms with Gasteiger partial charge in [0, 0.05) is 4.88 Å². The first-order valence-corrected chi connectivity index (χ1v) is 9.22. The highest BCUT2D eigenvalue weighted by Gasteiger charge is 2.37. The van der Waals surface area contributed by atoms with Crippen LogP contribution in [0, 0.1) is 5.92 Å². The van der Waals surface area contributed by atoms with Gasteiger partial charge in [-0.25, -0.2) is 0 Å². The highest BCUT2D eigenvalue weighted by atomic mass is 32.1. The molecule has 2 aromatic rings. The van der Waals surface area contributed by atoms with E-state index in [1.54, 1.807) is 0 Å². The minimum Gasteiger partial charge on any atom is -0.380 e. The molecule has 1 nitrogen and oxygen atoms in total. The number of benzene rings is 1. The lowest BCUT2D eigenvalue weighted by Gasteiger charge is -2.33. The molecule has 3 rings (SSSR count). The average Bonchev–Trinajstić information content (AvgIpc) is 3.10. The Morgan fingerprint density at radius 2 is 1.58 bits per heavy atom. The maximum absolute atomic E-state index is 12.8. The topological polar surface area (TPSA) is 20.2 Å². The van der Waals surface area contributed by atoms with Crippen LogP contribution < -0.4 is 0 Å². The van der Waals surface area contributed by atoms with Gasteiger partial charge in [-0.3, -0.25) is 0 Å². The standard InChI is InChI=1S/C19H21F3OS/c20-19(21,22)16-10-8-15(9-11-16)18(23,17-7-4-12-24-17)13-14-5-2-1-3-6-14/h4,7-12,14,23H,1-3,5-6,13H2. The minimum absolute atomic E-state index is 0.410. The molecule has 1 aliphatic rings. The van der Waals surface area contributed by atoms with Crippen molar-refractivity contribution in [3.8, 4) is 0 Å². The smallest absolute Gasteiger partial charge is 0.380 e. The maximum Gasteiger partial charge on any atom is 0.416 e. The van der Waals surface area contributed by atoms with Crippen LogP contribution in [0.4, 0.5) is 13.2 Å². The van der Waals surface area contributed by atoms with Gasteiger partial charge in [0.15, 0.2) is 0 Å². The van der Waals surface area contributed by atoms with Gasteiger partial charge < -0.3 is 5.11 Å². The molecule has 1 fully saturated rings. The predicted octanol–water partition coefficient (Wildman–Crippen LogP) is 5.97. The van der Waals surface area contributed by atoms with E-state index in [2.05, 4.69) is 0 Å². The molecule has 130 valence electrons. The van der Waals surface area contributed by atoms with Crippen molar-refractivity contribution in [2.45, 2.75) is 50.3 Å². The number of rotatable bonds is 4. The molecule has 1 saturated carbocycles. The second-order valence-electron chi connectivity index (χ2n) is 6.62. The Hall–Kier alpha value is -1.33. The molecule has 24 heavy (non-hydrogen) atoms. The zero-order valence-corrected chi connectivity index (χ0v) is 14.2.